The molecule has 1 amide bonds. The van der Waals surface area contributed by atoms with Gasteiger partial charge in [-0.15, -0.1) is 5.10 Å². The number of carbonyl (C=O) groups is 2. The fourth-order valence-corrected chi connectivity index (χ4v) is 3.82. The summed E-state index contributed by atoms with van der Waals surface area (Å²) >= 11 is 0. The zero-order chi connectivity index (χ0) is 20.9. The van der Waals surface area contributed by atoms with Gasteiger partial charge in [0.05, 0.1) is 6.54 Å². The zero-order valence-corrected chi connectivity index (χ0v) is 16.4. The molecule has 8 heteroatoms. The molecule has 0 N–H and O–H groups in total. The van der Waals surface area contributed by atoms with E-state index in [1.165, 1.54) is 17.1 Å². The Labute approximate surface area is 173 Å². The number of hydrogen-bond acceptors (Lipinski definition) is 5. The summed E-state index contributed by atoms with van der Waals surface area (Å²) in [6.45, 7) is 1.38. The van der Waals surface area contributed by atoms with Crippen LogP contribution in [0.15, 0.2) is 54.9 Å². The van der Waals surface area contributed by atoms with Gasteiger partial charge in [0, 0.05) is 36.6 Å². The molecule has 1 unspecified atom stereocenters. The largest absolute Gasteiger partial charge is 0.342 e. The van der Waals surface area contributed by atoms with Crippen LogP contribution in [0.4, 0.5) is 4.39 Å². The number of hydrogen-bond donors (Lipinski definition) is 0. The highest BCUT2D eigenvalue weighted by Gasteiger charge is 2.29. The van der Waals surface area contributed by atoms with E-state index in [0.29, 0.717) is 37.2 Å². The van der Waals surface area contributed by atoms with Gasteiger partial charge < -0.3 is 4.90 Å². The number of piperidine rings is 1. The van der Waals surface area contributed by atoms with Crippen molar-refractivity contribution in [1.82, 2.24) is 25.1 Å². The van der Waals surface area contributed by atoms with Gasteiger partial charge in [-0.2, -0.15) is 0 Å². The first kappa shape index (κ1) is 19.9. The van der Waals surface area contributed by atoms with Gasteiger partial charge >= 0.3 is 0 Å². The lowest BCUT2D eigenvalue weighted by Crippen LogP contribution is -2.42. The van der Waals surface area contributed by atoms with Crippen LogP contribution in [0.2, 0.25) is 0 Å². The van der Waals surface area contributed by atoms with Crippen molar-refractivity contribution in [2.75, 3.05) is 13.1 Å². The third-order valence-electron chi connectivity index (χ3n) is 5.43. The Morgan fingerprint density at radius 2 is 1.97 bits per heavy atom. The van der Waals surface area contributed by atoms with E-state index < -0.39 is 5.82 Å². The summed E-state index contributed by atoms with van der Waals surface area (Å²) in [5.41, 5.74) is 1.58. The van der Waals surface area contributed by atoms with Gasteiger partial charge in [-0.25, -0.2) is 9.07 Å². The molecule has 1 atom stereocenters. The van der Waals surface area contributed by atoms with Crippen molar-refractivity contribution in [3.63, 3.8) is 0 Å². The fraction of sp³-hybridized carbons (Fsp3) is 0.318. The summed E-state index contributed by atoms with van der Waals surface area (Å²) < 4.78 is 16.2. The number of halogens is 1. The average molecular weight is 407 g/mol. The molecule has 1 aliphatic rings. The van der Waals surface area contributed by atoms with Crippen molar-refractivity contribution in [3.8, 4) is 11.1 Å². The maximum Gasteiger partial charge on any atom is 0.224 e. The minimum absolute atomic E-state index is 0.0337. The molecule has 0 radical (unpaired) electrons. The van der Waals surface area contributed by atoms with E-state index in [1.807, 2.05) is 30.3 Å². The maximum absolute atomic E-state index is 14.7. The topological polar surface area (TPSA) is 81.0 Å². The maximum atomic E-state index is 14.7. The first-order valence-corrected chi connectivity index (χ1v) is 9.99. The van der Waals surface area contributed by atoms with Gasteiger partial charge in [-0.05, 0) is 34.9 Å². The molecular formula is C22H22FN5O2. The second-order valence-electron chi connectivity index (χ2n) is 7.43. The standard InChI is InChI=1S/C22H22FN5O2/c23-20-13-17(8-9-19(20)16-5-2-1-3-6-16)22(30)18-7-4-11-27(14-18)21(29)10-12-28-15-24-25-26-28/h1-3,5-6,8-9,13,15,18H,4,7,10-12,14H2. The van der Waals surface area contributed by atoms with Crippen molar-refractivity contribution >= 4 is 11.7 Å². The number of rotatable bonds is 6. The van der Waals surface area contributed by atoms with Crippen molar-refractivity contribution in [1.29, 1.82) is 0 Å². The summed E-state index contributed by atoms with van der Waals surface area (Å²) in [6.07, 6.45) is 3.17. The zero-order valence-electron chi connectivity index (χ0n) is 16.4. The number of carbonyl (C=O) groups excluding carboxylic acids is 2. The fourth-order valence-electron chi connectivity index (χ4n) is 3.82. The lowest BCUT2D eigenvalue weighted by Gasteiger charge is -2.32. The molecule has 4 rings (SSSR count). The molecule has 0 bridgehead atoms. The van der Waals surface area contributed by atoms with Crippen LogP contribution in [0.5, 0.6) is 0 Å². The number of benzene rings is 2. The van der Waals surface area contributed by atoms with Crippen molar-refractivity contribution in [3.05, 3.63) is 66.2 Å². The van der Waals surface area contributed by atoms with Crippen LogP contribution >= 0.6 is 0 Å². The smallest absolute Gasteiger partial charge is 0.224 e. The van der Waals surface area contributed by atoms with Gasteiger partial charge in [-0.1, -0.05) is 42.5 Å². The van der Waals surface area contributed by atoms with Gasteiger partial charge in [-0.3, -0.25) is 9.59 Å². The summed E-state index contributed by atoms with van der Waals surface area (Å²) in [5, 5.41) is 10.8. The van der Waals surface area contributed by atoms with Gasteiger partial charge in [0.25, 0.3) is 0 Å². The summed E-state index contributed by atoms with van der Waals surface area (Å²) in [5.74, 6) is -0.893. The van der Waals surface area contributed by atoms with E-state index in [2.05, 4.69) is 15.5 Å². The Bertz CT molecular complexity index is 1020. The number of Topliss-reactive ketones (excluding diaryl/α,β-unsaturated/α-hetero) is 1. The Morgan fingerprint density at radius 1 is 1.13 bits per heavy atom. The molecular weight excluding hydrogens is 385 g/mol. The highest BCUT2D eigenvalue weighted by Crippen LogP contribution is 2.26. The molecule has 2 heterocycles. The van der Waals surface area contributed by atoms with E-state index in [9.17, 15) is 14.0 Å². The first-order chi connectivity index (χ1) is 14.6. The van der Waals surface area contributed by atoms with E-state index in [1.54, 1.807) is 17.0 Å². The van der Waals surface area contributed by atoms with Crippen LogP contribution in [0.1, 0.15) is 29.6 Å². The van der Waals surface area contributed by atoms with E-state index in [0.717, 1.165) is 12.0 Å². The predicted molar refractivity (Wildman–Crippen MR) is 108 cm³/mol. The molecule has 0 aliphatic carbocycles. The van der Waals surface area contributed by atoms with E-state index >= 15 is 0 Å². The number of aryl methyl sites for hydroxylation is 1. The Balaban J connectivity index is 1.41. The molecule has 1 aliphatic heterocycles. The third-order valence-corrected chi connectivity index (χ3v) is 5.43. The summed E-state index contributed by atoms with van der Waals surface area (Å²) in [7, 11) is 0. The Morgan fingerprint density at radius 3 is 2.70 bits per heavy atom. The number of tetrazole rings is 1. The predicted octanol–water partition coefficient (Wildman–Crippen LogP) is 2.99. The molecule has 154 valence electrons. The molecule has 2 aromatic carbocycles. The molecule has 1 aromatic heterocycles. The first-order valence-electron chi connectivity index (χ1n) is 9.99. The molecule has 1 fully saturated rings. The average Bonchev–Trinajstić information content (AvgIpc) is 3.31. The molecule has 7 nitrogen and oxygen atoms in total. The van der Waals surface area contributed by atoms with Crippen molar-refractivity contribution < 1.29 is 14.0 Å². The highest BCUT2D eigenvalue weighted by atomic mass is 19.1. The quantitative estimate of drug-likeness (QED) is 0.587. The third kappa shape index (κ3) is 4.42. The van der Waals surface area contributed by atoms with Crippen LogP contribution in [-0.4, -0.2) is 49.9 Å². The van der Waals surface area contributed by atoms with E-state index in [-0.39, 0.29) is 24.0 Å². The van der Waals surface area contributed by atoms with Gasteiger partial charge in [0.2, 0.25) is 5.91 Å². The van der Waals surface area contributed by atoms with E-state index in [4.69, 9.17) is 0 Å². The van der Waals surface area contributed by atoms with Crippen molar-refractivity contribution in [2.45, 2.75) is 25.8 Å². The Kier molecular flexibility index (Phi) is 5.92. The van der Waals surface area contributed by atoms with Gasteiger partial charge in [0.1, 0.15) is 12.1 Å². The number of ketones is 1. The molecule has 30 heavy (non-hydrogen) atoms. The normalized spacial score (nSPS) is 16.4. The summed E-state index contributed by atoms with van der Waals surface area (Å²) in [4.78, 5) is 27.2. The minimum atomic E-state index is -0.419. The van der Waals surface area contributed by atoms with Crippen LogP contribution in [0.25, 0.3) is 11.1 Å². The Hall–Kier alpha value is -3.42. The highest BCUT2D eigenvalue weighted by molar-refractivity contribution is 5.98. The van der Waals surface area contributed by atoms with Gasteiger partial charge in [0.15, 0.2) is 5.78 Å². The molecule has 1 saturated heterocycles. The van der Waals surface area contributed by atoms with Crippen LogP contribution in [0.3, 0.4) is 0 Å². The van der Waals surface area contributed by atoms with Crippen molar-refractivity contribution in [2.24, 2.45) is 5.92 Å². The van der Waals surface area contributed by atoms with Crippen LogP contribution in [-0.2, 0) is 11.3 Å². The van der Waals surface area contributed by atoms with Crippen LogP contribution < -0.4 is 0 Å². The number of aromatic nitrogens is 4. The minimum Gasteiger partial charge on any atom is -0.342 e. The summed E-state index contributed by atoms with van der Waals surface area (Å²) in [6, 6.07) is 13.9. The molecule has 0 saturated carbocycles. The second-order valence-corrected chi connectivity index (χ2v) is 7.43. The second kappa shape index (κ2) is 8.94. The lowest BCUT2D eigenvalue weighted by molar-refractivity contribution is -0.132. The lowest BCUT2D eigenvalue weighted by atomic mass is 9.89. The number of amides is 1. The van der Waals surface area contributed by atoms with Crippen LogP contribution in [0, 0.1) is 11.7 Å². The number of nitrogens with zero attached hydrogens (tertiary/aromatic N) is 5. The molecule has 0 spiro atoms. The molecule has 3 aromatic rings. The monoisotopic (exact) mass is 407 g/mol. The number of likely N-dealkylation sites (tertiary alicyclic amines) is 1. The SMILES string of the molecule is O=C(c1ccc(-c2ccccc2)c(F)c1)C1CCCN(C(=O)CCn2cnnn2)C1.